The van der Waals surface area contributed by atoms with Crippen molar-refractivity contribution in [2.24, 2.45) is 5.92 Å². The maximum absolute atomic E-state index is 11.8. The van der Waals surface area contributed by atoms with E-state index in [1.165, 1.54) is 5.56 Å². The lowest BCUT2D eigenvalue weighted by Gasteiger charge is -2.18. The molecule has 1 aliphatic carbocycles. The molecule has 0 bridgehead atoms. The molecule has 4 nitrogen and oxygen atoms in total. The molecule has 1 atom stereocenters. The topological polar surface area (TPSA) is 45.2 Å². The van der Waals surface area contributed by atoms with E-state index in [-0.39, 0.29) is 11.8 Å². The van der Waals surface area contributed by atoms with Gasteiger partial charge in [-0.2, -0.15) is 0 Å². The lowest BCUT2D eigenvalue weighted by molar-refractivity contribution is -0.117. The van der Waals surface area contributed by atoms with E-state index in [9.17, 15) is 4.79 Å². The number of rotatable bonds is 6. The van der Waals surface area contributed by atoms with Gasteiger partial charge < -0.3 is 10.2 Å². The molecule has 1 heterocycles. The molecule has 0 spiro atoms. The minimum atomic E-state index is 0.115. The summed E-state index contributed by atoms with van der Waals surface area (Å²) < 4.78 is 0. The lowest BCUT2D eigenvalue weighted by Crippen LogP contribution is -2.18. The highest BCUT2D eigenvalue weighted by molar-refractivity contribution is 5.93. The van der Waals surface area contributed by atoms with Gasteiger partial charge in [0.1, 0.15) is 5.82 Å². The van der Waals surface area contributed by atoms with E-state index in [0.29, 0.717) is 11.7 Å². The van der Waals surface area contributed by atoms with Crippen LogP contribution in [-0.2, 0) is 11.3 Å². The Labute approximate surface area is 135 Å². The summed E-state index contributed by atoms with van der Waals surface area (Å²) in [6.45, 7) is 9.21. The number of carbonyl (C=O) groups is 1. The summed E-state index contributed by atoms with van der Waals surface area (Å²) in [5.41, 5.74) is 2.35. The average molecular weight is 305 g/mol. The molecule has 1 fully saturated rings. The smallest absolute Gasteiger partial charge is 0.228 e. The molecule has 1 aromatic rings. The van der Waals surface area contributed by atoms with Crippen LogP contribution in [0.2, 0.25) is 0 Å². The molecule has 1 aliphatic rings. The maximum atomic E-state index is 11.8. The minimum absolute atomic E-state index is 0.115. The number of nitrogens with one attached hydrogen (secondary N) is 1. The molecule has 2 rings (SSSR count). The highest BCUT2D eigenvalue weighted by atomic mass is 16.2. The molecule has 1 aromatic heterocycles. The fourth-order valence-electron chi connectivity index (χ4n) is 2.25. The summed E-state index contributed by atoms with van der Waals surface area (Å²) in [7, 11) is 4.08. The second-order valence-electron chi connectivity index (χ2n) is 6.04. The quantitative estimate of drug-likeness (QED) is 0.863. The summed E-state index contributed by atoms with van der Waals surface area (Å²) in [6, 6.07) is 4.05. The molecule has 4 heteroatoms. The predicted molar refractivity (Wildman–Crippen MR) is 93.0 cm³/mol. The second-order valence-corrected chi connectivity index (χ2v) is 6.04. The van der Waals surface area contributed by atoms with Crippen LogP contribution in [0.25, 0.3) is 0 Å². The van der Waals surface area contributed by atoms with Crippen LogP contribution in [0.3, 0.4) is 0 Å². The largest absolute Gasteiger partial charge is 0.310 e. The Hall–Kier alpha value is -1.42. The van der Waals surface area contributed by atoms with Crippen molar-refractivity contribution in [3.05, 3.63) is 23.4 Å². The van der Waals surface area contributed by atoms with Gasteiger partial charge in [-0.25, -0.2) is 4.98 Å². The van der Waals surface area contributed by atoms with Gasteiger partial charge in [0.25, 0.3) is 0 Å². The molecular weight excluding hydrogens is 274 g/mol. The first-order valence-electron chi connectivity index (χ1n) is 8.46. The van der Waals surface area contributed by atoms with Crippen LogP contribution in [-0.4, -0.2) is 29.9 Å². The fraction of sp³-hybridized carbons (Fsp3) is 0.667. The van der Waals surface area contributed by atoms with E-state index < -0.39 is 0 Å². The van der Waals surface area contributed by atoms with Crippen molar-refractivity contribution in [3.63, 3.8) is 0 Å². The zero-order valence-electron chi connectivity index (χ0n) is 14.9. The molecular formula is C18H31N3O. The molecule has 1 saturated carbocycles. The van der Waals surface area contributed by atoms with Gasteiger partial charge >= 0.3 is 0 Å². The zero-order chi connectivity index (χ0) is 16.7. The third kappa shape index (κ3) is 5.41. The van der Waals surface area contributed by atoms with Crippen LogP contribution in [0.15, 0.2) is 12.1 Å². The number of pyridine rings is 1. The number of hydrogen-bond donors (Lipinski definition) is 1. The van der Waals surface area contributed by atoms with Gasteiger partial charge in [-0.05, 0) is 50.9 Å². The van der Waals surface area contributed by atoms with Crippen molar-refractivity contribution < 1.29 is 4.79 Å². The number of amides is 1. The van der Waals surface area contributed by atoms with Crippen LogP contribution in [0.4, 0.5) is 5.82 Å². The first-order chi connectivity index (χ1) is 10.5. The maximum Gasteiger partial charge on any atom is 0.228 e. The fourth-order valence-corrected chi connectivity index (χ4v) is 2.25. The van der Waals surface area contributed by atoms with Crippen molar-refractivity contribution in [2.75, 3.05) is 19.4 Å². The molecule has 0 radical (unpaired) electrons. The standard InChI is InChI=1S/C16H25N3O.C2H6/c1-5-11(2)13-8-9-15(17-14(13)10-19(3)4)18-16(20)12-6-7-12;1-2/h8-9,11-12H,5-7,10H2,1-4H3,(H,17,18,20);1-2H3. The predicted octanol–water partition coefficient (Wildman–Crippen LogP) is 4.03. The van der Waals surface area contributed by atoms with E-state index in [1.54, 1.807) is 0 Å². The highest BCUT2D eigenvalue weighted by Gasteiger charge is 2.29. The van der Waals surface area contributed by atoms with E-state index in [4.69, 9.17) is 0 Å². The van der Waals surface area contributed by atoms with Crippen LogP contribution in [0, 0.1) is 5.92 Å². The number of anilines is 1. The first-order valence-corrected chi connectivity index (χ1v) is 8.46. The van der Waals surface area contributed by atoms with Crippen molar-refractivity contribution in [2.45, 2.75) is 59.4 Å². The second kappa shape index (κ2) is 8.89. The van der Waals surface area contributed by atoms with Gasteiger partial charge in [0.05, 0.1) is 5.69 Å². The average Bonchev–Trinajstić information content (AvgIpc) is 3.33. The van der Waals surface area contributed by atoms with Crippen molar-refractivity contribution in [1.29, 1.82) is 0 Å². The van der Waals surface area contributed by atoms with Gasteiger partial charge in [0.15, 0.2) is 0 Å². The molecule has 0 aliphatic heterocycles. The normalized spacial score (nSPS) is 15.0. The lowest BCUT2D eigenvalue weighted by atomic mass is 9.97. The van der Waals surface area contributed by atoms with Crippen LogP contribution < -0.4 is 5.32 Å². The van der Waals surface area contributed by atoms with Gasteiger partial charge in [0.2, 0.25) is 5.91 Å². The van der Waals surface area contributed by atoms with E-state index in [2.05, 4.69) is 35.1 Å². The Balaban J connectivity index is 0.00000116. The van der Waals surface area contributed by atoms with Crippen LogP contribution in [0.1, 0.15) is 64.1 Å². The summed E-state index contributed by atoms with van der Waals surface area (Å²) in [5.74, 6) is 1.50. The Morgan fingerprint density at radius 2 is 2.00 bits per heavy atom. The van der Waals surface area contributed by atoms with Crippen LogP contribution in [0.5, 0.6) is 0 Å². The highest BCUT2D eigenvalue weighted by Crippen LogP contribution is 2.30. The Kier molecular flexibility index (Phi) is 7.52. The van der Waals surface area contributed by atoms with E-state index in [0.717, 1.165) is 31.5 Å². The van der Waals surface area contributed by atoms with Gasteiger partial charge in [-0.1, -0.05) is 33.8 Å². The van der Waals surface area contributed by atoms with Gasteiger partial charge in [0, 0.05) is 12.5 Å². The molecule has 22 heavy (non-hydrogen) atoms. The zero-order valence-corrected chi connectivity index (χ0v) is 14.9. The number of nitrogens with zero attached hydrogens (tertiary/aromatic N) is 2. The van der Waals surface area contributed by atoms with Gasteiger partial charge in [-0.3, -0.25) is 4.79 Å². The third-order valence-electron chi connectivity index (χ3n) is 3.82. The Morgan fingerprint density at radius 3 is 2.50 bits per heavy atom. The van der Waals surface area contributed by atoms with E-state index in [1.807, 2.05) is 34.0 Å². The van der Waals surface area contributed by atoms with Crippen molar-refractivity contribution in [3.8, 4) is 0 Å². The molecule has 0 aromatic carbocycles. The summed E-state index contributed by atoms with van der Waals surface area (Å²) in [6.07, 6.45) is 3.12. The van der Waals surface area contributed by atoms with E-state index >= 15 is 0 Å². The third-order valence-corrected chi connectivity index (χ3v) is 3.82. The monoisotopic (exact) mass is 305 g/mol. The minimum Gasteiger partial charge on any atom is -0.310 e. The molecule has 124 valence electrons. The summed E-state index contributed by atoms with van der Waals surface area (Å²) in [4.78, 5) is 18.6. The number of aromatic nitrogens is 1. The molecule has 1 N–H and O–H groups in total. The molecule has 1 unspecified atom stereocenters. The summed E-state index contributed by atoms with van der Waals surface area (Å²) >= 11 is 0. The van der Waals surface area contributed by atoms with Crippen molar-refractivity contribution in [1.82, 2.24) is 9.88 Å². The SMILES string of the molecule is CC.CCC(C)c1ccc(NC(=O)C2CC2)nc1CN(C)C. The Bertz CT molecular complexity index is 481. The first kappa shape index (κ1) is 18.6. The number of carbonyl (C=O) groups excluding carboxylic acids is 1. The van der Waals surface area contributed by atoms with Crippen LogP contribution >= 0.6 is 0 Å². The molecule has 1 amide bonds. The molecule has 0 saturated heterocycles. The Morgan fingerprint density at radius 1 is 1.36 bits per heavy atom. The van der Waals surface area contributed by atoms with Crippen molar-refractivity contribution >= 4 is 11.7 Å². The van der Waals surface area contributed by atoms with Gasteiger partial charge in [-0.15, -0.1) is 0 Å². The summed E-state index contributed by atoms with van der Waals surface area (Å²) in [5, 5.41) is 2.93. The number of hydrogen-bond acceptors (Lipinski definition) is 3.